The number of nitrogens with one attached hydrogen (secondary N) is 1. The van der Waals surface area contributed by atoms with E-state index in [0.29, 0.717) is 11.3 Å². The molecule has 5 heteroatoms. The molecule has 0 saturated heterocycles. The minimum Gasteiger partial charge on any atom is -0.423 e. The second-order valence-corrected chi connectivity index (χ2v) is 4.35. The molecule has 0 aliphatic rings. The summed E-state index contributed by atoms with van der Waals surface area (Å²) in [6.07, 6.45) is 0. The molecule has 0 aliphatic heterocycles. The van der Waals surface area contributed by atoms with E-state index in [1.165, 1.54) is 6.07 Å². The lowest BCUT2D eigenvalue weighted by Gasteiger charge is -2.07. The summed E-state index contributed by atoms with van der Waals surface area (Å²) in [7, 11) is 0. The molecule has 0 saturated carbocycles. The van der Waals surface area contributed by atoms with E-state index >= 15 is 0 Å². The minimum atomic E-state index is -0.394. The normalized spacial score (nSPS) is 12.4. The van der Waals surface area contributed by atoms with E-state index in [1.807, 2.05) is 13.0 Å². The van der Waals surface area contributed by atoms with Gasteiger partial charge in [0, 0.05) is 23.2 Å². The number of aryl methyl sites for hydroxylation is 1. The number of rotatable bonds is 2. The molecule has 0 unspecified atom stereocenters. The fourth-order valence-corrected chi connectivity index (χ4v) is 1.67. The number of anilines is 1. The van der Waals surface area contributed by atoms with Crippen LogP contribution in [0.5, 0.6) is 0 Å². The van der Waals surface area contributed by atoms with Gasteiger partial charge in [-0.15, -0.1) is 0 Å². The Morgan fingerprint density at radius 3 is 2.78 bits per heavy atom. The van der Waals surface area contributed by atoms with Crippen molar-refractivity contribution < 1.29 is 14.9 Å². The number of quaternary nitrogens is 1. The van der Waals surface area contributed by atoms with Crippen LogP contribution in [0.2, 0.25) is 0 Å². The van der Waals surface area contributed by atoms with Crippen LogP contribution in [-0.4, -0.2) is 11.9 Å². The first-order valence-corrected chi connectivity index (χ1v) is 5.66. The third kappa shape index (κ3) is 2.41. The van der Waals surface area contributed by atoms with E-state index in [-0.39, 0.29) is 11.9 Å². The topological polar surface area (TPSA) is 87.0 Å². The van der Waals surface area contributed by atoms with Crippen molar-refractivity contribution >= 4 is 22.6 Å². The first kappa shape index (κ1) is 12.3. The fourth-order valence-electron chi connectivity index (χ4n) is 1.67. The number of hydrogen-bond donors (Lipinski definition) is 2. The summed E-state index contributed by atoms with van der Waals surface area (Å²) in [5, 5.41) is 3.57. The third-order valence-corrected chi connectivity index (χ3v) is 2.67. The van der Waals surface area contributed by atoms with E-state index in [0.717, 1.165) is 10.9 Å². The average Bonchev–Trinajstić information content (AvgIpc) is 2.27. The van der Waals surface area contributed by atoms with Crippen LogP contribution in [0.15, 0.2) is 33.5 Å². The van der Waals surface area contributed by atoms with Gasteiger partial charge in [0.1, 0.15) is 5.58 Å². The van der Waals surface area contributed by atoms with Crippen molar-refractivity contribution in [2.24, 2.45) is 0 Å². The van der Waals surface area contributed by atoms with Crippen molar-refractivity contribution in [1.29, 1.82) is 0 Å². The van der Waals surface area contributed by atoms with Gasteiger partial charge in [-0.3, -0.25) is 4.79 Å². The summed E-state index contributed by atoms with van der Waals surface area (Å²) in [6, 6.07) is 6.33. The highest BCUT2D eigenvalue weighted by atomic mass is 16.4. The Hall–Kier alpha value is -2.14. The lowest BCUT2D eigenvalue weighted by Crippen LogP contribution is -2.64. The van der Waals surface area contributed by atoms with Gasteiger partial charge in [-0.05, 0) is 31.5 Å². The summed E-state index contributed by atoms with van der Waals surface area (Å²) >= 11 is 0. The molecule has 2 aromatic rings. The molecule has 1 aromatic heterocycles. The molecule has 94 valence electrons. The molecular formula is C13H15N2O3+. The number of amides is 1. The van der Waals surface area contributed by atoms with Crippen LogP contribution in [0.25, 0.3) is 11.0 Å². The van der Waals surface area contributed by atoms with Gasteiger partial charge in [0.05, 0.1) is 0 Å². The first-order valence-electron chi connectivity index (χ1n) is 5.66. The number of carbonyl (C=O) groups is 1. The van der Waals surface area contributed by atoms with Gasteiger partial charge >= 0.3 is 5.63 Å². The molecule has 0 bridgehead atoms. The molecular weight excluding hydrogens is 232 g/mol. The van der Waals surface area contributed by atoms with E-state index in [1.54, 1.807) is 19.1 Å². The Bertz CT molecular complexity index is 659. The summed E-state index contributed by atoms with van der Waals surface area (Å²) in [4.78, 5) is 22.8. The standard InChI is InChI=1S/C13H14N2O3/c1-7-5-12(16)18-11-6-9(3-4-10(7)11)15-13(17)8(2)14/h3-6,8H,14H2,1-2H3,(H,15,17)/p+1/t8-/m0/s1. The van der Waals surface area contributed by atoms with Crippen LogP contribution >= 0.6 is 0 Å². The molecule has 2 rings (SSSR count). The monoisotopic (exact) mass is 247 g/mol. The molecule has 5 nitrogen and oxygen atoms in total. The van der Waals surface area contributed by atoms with Gasteiger partial charge in [-0.1, -0.05) is 0 Å². The predicted octanol–water partition coefficient (Wildman–Crippen LogP) is 0.670. The van der Waals surface area contributed by atoms with E-state index in [2.05, 4.69) is 11.1 Å². The highest BCUT2D eigenvalue weighted by Gasteiger charge is 2.11. The first-order chi connectivity index (χ1) is 8.47. The summed E-state index contributed by atoms with van der Waals surface area (Å²) in [5.74, 6) is -0.177. The van der Waals surface area contributed by atoms with Crippen molar-refractivity contribution in [2.45, 2.75) is 19.9 Å². The molecule has 0 radical (unpaired) electrons. The van der Waals surface area contributed by atoms with Crippen molar-refractivity contribution in [2.75, 3.05) is 5.32 Å². The molecule has 1 aromatic carbocycles. The number of hydrogen-bond acceptors (Lipinski definition) is 3. The van der Waals surface area contributed by atoms with Gasteiger partial charge in [0.25, 0.3) is 5.91 Å². The summed E-state index contributed by atoms with van der Waals surface area (Å²) in [6.45, 7) is 3.55. The molecule has 0 aliphatic carbocycles. The Kier molecular flexibility index (Phi) is 3.16. The zero-order valence-corrected chi connectivity index (χ0v) is 10.3. The zero-order chi connectivity index (χ0) is 13.3. The van der Waals surface area contributed by atoms with Gasteiger partial charge < -0.3 is 15.5 Å². The van der Waals surface area contributed by atoms with E-state index in [4.69, 9.17) is 4.42 Å². The van der Waals surface area contributed by atoms with Crippen LogP contribution in [0.3, 0.4) is 0 Å². The van der Waals surface area contributed by atoms with Gasteiger partial charge in [0.15, 0.2) is 6.04 Å². The highest BCUT2D eigenvalue weighted by Crippen LogP contribution is 2.20. The van der Waals surface area contributed by atoms with Crippen LogP contribution in [-0.2, 0) is 4.79 Å². The van der Waals surface area contributed by atoms with Crippen LogP contribution < -0.4 is 16.7 Å². The maximum Gasteiger partial charge on any atom is 0.336 e. The van der Waals surface area contributed by atoms with Crippen molar-refractivity contribution in [3.05, 3.63) is 40.2 Å². The van der Waals surface area contributed by atoms with Crippen LogP contribution in [0, 0.1) is 6.92 Å². The molecule has 1 atom stereocenters. The van der Waals surface area contributed by atoms with Gasteiger partial charge in [0.2, 0.25) is 0 Å². The second-order valence-electron chi connectivity index (χ2n) is 4.35. The zero-order valence-electron chi connectivity index (χ0n) is 10.3. The minimum absolute atomic E-state index is 0.177. The SMILES string of the molecule is Cc1cc(=O)oc2cc(NC(=O)[C@H](C)[NH3+])ccc12. The Morgan fingerprint density at radius 2 is 2.11 bits per heavy atom. The summed E-state index contributed by atoms with van der Waals surface area (Å²) in [5.41, 5.74) is 5.16. The Balaban J connectivity index is 2.44. The highest BCUT2D eigenvalue weighted by molar-refractivity contribution is 5.95. The van der Waals surface area contributed by atoms with Gasteiger partial charge in [-0.25, -0.2) is 4.79 Å². The van der Waals surface area contributed by atoms with Crippen molar-refractivity contribution in [3.63, 3.8) is 0 Å². The molecule has 1 heterocycles. The lowest BCUT2D eigenvalue weighted by atomic mass is 10.1. The maximum atomic E-state index is 11.5. The smallest absolute Gasteiger partial charge is 0.336 e. The van der Waals surface area contributed by atoms with Crippen molar-refractivity contribution in [1.82, 2.24) is 0 Å². The van der Waals surface area contributed by atoms with E-state index < -0.39 is 5.63 Å². The maximum absolute atomic E-state index is 11.5. The van der Waals surface area contributed by atoms with Crippen LogP contribution in [0.4, 0.5) is 5.69 Å². The number of benzene rings is 1. The lowest BCUT2D eigenvalue weighted by molar-refractivity contribution is -0.396. The quantitative estimate of drug-likeness (QED) is 0.765. The van der Waals surface area contributed by atoms with Crippen LogP contribution in [0.1, 0.15) is 12.5 Å². The van der Waals surface area contributed by atoms with E-state index in [9.17, 15) is 9.59 Å². The molecule has 4 N–H and O–H groups in total. The average molecular weight is 247 g/mol. The third-order valence-electron chi connectivity index (χ3n) is 2.67. The number of carbonyl (C=O) groups excluding carboxylic acids is 1. The number of fused-ring (bicyclic) bond motifs is 1. The second kappa shape index (κ2) is 4.62. The van der Waals surface area contributed by atoms with Crippen molar-refractivity contribution in [3.8, 4) is 0 Å². The fraction of sp³-hybridized carbons (Fsp3) is 0.231. The Labute approximate surface area is 104 Å². The largest absolute Gasteiger partial charge is 0.423 e. The Morgan fingerprint density at radius 1 is 1.39 bits per heavy atom. The molecule has 0 spiro atoms. The molecule has 1 amide bonds. The molecule has 18 heavy (non-hydrogen) atoms. The molecule has 0 fully saturated rings. The predicted molar refractivity (Wildman–Crippen MR) is 68.2 cm³/mol. The summed E-state index contributed by atoms with van der Waals surface area (Å²) < 4.78 is 5.10. The van der Waals surface area contributed by atoms with Gasteiger partial charge in [-0.2, -0.15) is 0 Å².